The van der Waals surface area contributed by atoms with Crippen LogP contribution in [0.3, 0.4) is 0 Å². The zero-order chi connectivity index (χ0) is 54.1. The van der Waals surface area contributed by atoms with Gasteiger partial charge in [-0.2, -0.15) is 0 Å². The Balaban J connectivity index is 1.45. The Morgan fingerprint density at radius 3 is 1.04 bits per heavy atom. The molecule has 0 spiro atoms. The molecule has 4 aromatic heterocycles. The number of halogens is 2. The number of unbranched alkanes of at least 4 members (excludes halogenated alkanes) is 22. The van der Waals surface area contributed by atoms with Crippen LogP contribution in [0.1, 0.15) is 270 Å². The van der Waals surface area contributed by atoms with E-state index in [4.69, 9.17) is 8.83 Å². The first kappa shape index (κ1) is 62.5. The van der Waals surface area contributed by atoms with Crippen molar-refractivity contribution in [1.82, 2.24) is 9.80 Å². The highest BCUT2D eigenvalue weighted by atomic mass is 79.9. The van der Waals surface area contributed by atoms with Gasteiger partial charge in [0.1, 0.15) is 22.9 Å². The number of furan rings is 2. The van der Waals surface area contributed by atoms with Crippen LogP contribution >= 0.6 is 54.5 Å². The second-order valence-corrected chi connectivity index (χ2v) is 27.3. The summed E-state index contributed by atoms with van der Waals surface area (Å²) in [6.07, 6.45) is 40.5. The molecule has 6 rings (SSSR count). The molecular weight excluding hydrogens is 1110 g/mol. The summed E-state index contributed by atoms with van der Waals surface area (Å²) in [6, 6.07) is 12.7. The van der Waals surface area contributed by atoms with Crippen molar-refractivity contribution in [1.29, 1.82) is 0 Å². The molecule has 2 aliphatic rings. The van der Waals surface area contributed by atoms with Gasteiger partial charge in [0.05, 0.1) is 28.5 Å². The van der Waals surface area contributed by atoms with Crippen molar-refractivity contribution in [3.63, 3.8) is 0 Å². The first-order valence-electron chi connectivity index (χ1n) is 31.1. The summed E-state index contributed by atoms with van der Waals surface area (Å²) in [5.41, 5.74) is 4.89. The van der Waals surface area contributed by atoms with E-state index in [9.17, 15) is 0 Å². The first-order chi connectivity index (χ1) is 37.2. The molecule has 0 aliphatic carbocycles. The van der Waals surface area contributed by atoms with Crippen LogP contribution in [0, 0.1) is 11.8 Å². The summed E-state index contributed by atoms with van der Waals surface area (Å²) in [5.74, 6) is 3.18. The first-order valence-corrected chi connectivity index (χ1v) is 34.3. The topological polar surface area (TPSA) is 66.9 Å². The van der Waals surface area contributed by atoms with Crippen molar-refractivity contribution < 1.29 is 18.4 Å². The number of fused-ring (bicyclic) bond motifs is 1. The molecule has 6 heterocycles. The van der Waals surface area contributed by atoms with Crippen molar-refractivity contribution in [3.05, 3.63) is 77.8 Å². The van der Waals surface area contributed by atoms with E-state index in [1.807, 2.05) is 21.9 Å². The number of aryl methyl sites for hydroxylation is 2. The Morgan fingerprint density at radius 1 is 0.408 bits per heavy atom. The largest absolute Gasteiger partial charge is 0.454 e. The standard InChI is InChI=1S/C66H98Br2N2O4S2/c1-7-13-19-25-27-31-37-49(35-29-21-15-9-3)47-69-61(55-43-41-53(73-55)57-45-51(63(67)75-57)39-33-23-17-11-5)59-60(65(69)71)62(56-44-42-54(74-56)58-46-52(64(68)76-58)40-34-24-18-12-6)70(66(59)72)48-50(36-30-22-16-10-4)38-32-28-26-20-14-8-2/h41-46,49-50H,7-40,47-48H2,1-6H3. The van der Waals surface area contributed by atoms with Gasteiger partial charge in [0, 0.05) is 13.1 Å². The van der Waals surface area contributed by atoms with Gasteiger partial charge >= 0.3 is 0 Å². The van der Waals surface area contributed by atoms with Gasteiger partial charge in [0.15, 0.2) is 11.5 Å². The molecule has 0 saturated heterocycles. The maximum atomic E-state index is 15.9. The molecule has 4 aromatic rings. The average Bonchev–Trinajstić information content (AvgIpc) is 4.32. The summed E-state index contributed by atoms with van der Waals surface area (Å²) >= 11 is 11.2. The van der Waals surface area contributed by atoms with Crippen LogP contribution in [0.5, 0.6) is 0 Å². The molecule has 2 aliphatic heterocycles. The van der Waals surface area contributed by atoms with E-state index in [-0.39, 0.29) is 11.8 Å². The third-order valence-corrected chi connectivity index (χ3v) is 20.2. The van der Waals surface area contributed by atoms with Crippen LogP contribution in [-0.2, 0) is 22.4 Å². The number of hydrogen-bond acceptors (Lipinski definition) is 6. The fourth-order valence-corrected chi connectivity index (χ4v) is 15.1. The molecule has 2 amide bonds. The second-order valence-electron chi connectivity index (χ2n) is 22.6. The van der Waals surface area contributed by atoms with E-state index in [1.54, 1.807) is 22.7 Å². The fraction of sp³-hybridized carbons (Fsp3) is 0.667. The summed E-state index contributed by atoms with van der Waals surface area (Å²) in [7, 11) is 0. The van der Waals surface area contributed by atoms with Crippen LogP contribution in [0.25, 0.3) is 32.7 Å². The van der Waals surface area contributed by atoms with Crippen molar-refractivity contribution in [2.24, 2.45) is 11.8 Å². The number of hydrogen-bond donors (Lipinski definition) is 0. The molecule has 0 fully saturated rings. The quantitative estimate of drug-likeness (QED) is 0.0415. The highest BCUT2D eigenvalue weighted by Gasteiger charge is 2.51. The fourth-order valence-electron chi connectivity index (χ4n) is 11.6. The third-order valence-electron chi connectivity index (χ3n) is 16.2. The molecule has 0 aromatic carbocycles. The highest BCUT2D eigenvalue weighted by Crippen LogP contribution is 2.50. The molecule has 0 radical (unpaired) electrons. The zero-order valence-electron chi connectivity index (χ0n) is 48.2. The minimum Gasteiger partial charge on any atom is -0.454 e. The summed E-state index contributed by atoms with van der Waals surface area (Å²) in [6.45, 7) is 14.8. The SMILES string of the molecule is CCCCCCCCC(CCCCCC)CN1C(=O)C2=C(c3ccc(-c4cc(CCCCCC)c(Br)s4)o3)N(CC(CCCCCC)CCCCCCCC)C(=O)C2=C1c1ccc(-c2cc(CCCCCC)c(Br)s2)o1. The lowest BCUT2D eigenvalue weighted by Crippen LogP contribution is -2.34. The minimum atomic E-state index is -0.0925. The molecule has 0 saturated carbocycles. The maximum absolute atomic E-state index is 15.9. The number of nitrogens with zero attached hydrogens (tertiary/aromatic N) is 2. The number of thiophene rings is 2. The Hall–Kier alpha value is -2.66. The lowest BCUT2D eigenvalue weighted by atomic mass is 9.93. The number of amides is 2. The van der Waals surface area contributed by atoms with E-state index in [0.29, 0.717) is 59.0 Å². The molecular formula is C66H98Br2N2O4S2. The lowest BCUT2D eigenvalue weighted by molar-refractivity contribution is -0.124. The van der Waals surface area contributed by atoms with Gasteiger partial charge in [-0.1, -0.05) is 208 Å². The van der Waals surface area contributed by atoms with E-state index in [0.717, 1.165) is 106 Å². The Kier molecular flexibility index (Phi) is 28.4. The zero-order valence-corrected chi connectivity index (χ0v) is 53.0. The smallest absolute Gasteiger partial charge is 0.261 e. The van der Waals surface area contributed by atoms with Crippen LogP contribution < -0.4 is 0 Å². The van der Waals surface area contributed by atoms with Gasteiger partial charge in [-0.3, -0.25) is 9.59 Å². The van der Waals surface area contributed by atoms with Crippen molar-refractivity contribution in [2.75, 3.05) is 13.1 Å². The lowest BCUT2D eigenvalue weighted by Gasteiger charge is -2.29. The van der Waals surface area contributed by atoms with Crippen LogP contribution in [0.4, 0.5) is 0 Å². The summed E-state index contributed by atoms with van der Waals surface area (Å²) in [5, 5.41) is 0. The third kappa shape index (κ3) is 18.2. The van der Waals surface area contributed by atoms with E-state index < -0.39 is 0 Å². The van der Waals surface area contributed by atoms with E-state index in [1.165, 1.54) is 152 Å². The van der Waals surface area contributed by atoms with E-state index in [2.05, 4.69) is 97.7 Å². The van der Waals surface area contributed by atoms with Crippen molar-refractivity contribution >= 4 is 77.7 Å². The molecule has 0 N–H and O–H groups in total. The van der Waals surface area contributed by atoms with Gasteiger partial charge in [0.25, 0.3) is 11.8 Å². The Morgan fingerprint density at radius 2 is 0.697 bits per heavy atom. The van der Waals surface area contributed by atoms with Gasteiger partial charge in [0.2, 0.25) is 0 Å². The second kappa shape index (κ2) is 34.5. The van der Waals surface area contributed by atoms with Crippen molar-refractivity contribution in [2.45, 2.75) is 260 Å². The molecule has 76 heavy (non-hydrogen) atoms. The number of carbonyl (C=O) groups is 2. The highest BCUT2D eigenvalue weighted by molar-refractivity contribution is 9.11. The van der Waals surface area contributed by atoms with Gasteiger partial charge in [-0.15, -0.1) is 22.7 Å². The number of rotatable bonds is 42. The average molecular weight is 1210 g/mol. The summed E-state index contributed by atoms with van der Waals surface area (Å²) in [4.78, 5) is 38.0. The molecule has 10 heteroatoms. The molecule has 2 atom stereocenters. The molecule has 6 nitrogen and oxygen atoms in total. The van der Waals surface area contributed by atoms with Gasteiger partial charge in [-0.25, -0.2) is 0 Å². The van der Waals surface area contributed by atoms with Crippen molar-refractivity contribution in [3.8, 4) is 21.3 Å². The maximum Gasteiger partial charge on any atom is 0.261 e. The molecule has 422 valence electrons. The predicted molar refractivity (Wildman–Crippen MR) is 333 cm³/mol. The van der Waals surface area contributed by atoms with Gasteiger partial charge in [-0.05, 0) is 143 Å². The predicted octanol–water partition coefficient (Wildman–Crippen LogP) is 22.6. The Labute approximate surface area is 486 Å². The monoisotopic (exact) mass is 1200 g/mol. The Bertz CT molecular complexity index is 2240. The van der Waals surface area contributed by atoms with Gasteiger partial charge < -0.3 is 18.6 Å². The minimum absolute atomic E-state index is 0.0925. The van der Waals surface area contributed by atoms with Crippen LogP contribution in [0.15, 0.2) is 64.0 Å². The van der Waals surface area contributed by atoms with Crippen LogP contribution in [-0.4, -0.2) is 34.7 Å². The van der Waals surface area contributed by atoms with Crippen LogP contribution in [0.2, 0.25) is 0 Å². The number of carbonyl (C=O) groups excluding carboxylic acids is 2. The molecule has 2 unspecified atom stereocenters. The normalized spacial score (nSPS) is 14.7. The summed E-state index contributed by atoms with van der Waals surface area (Å²) < 4.78 is 16.3. The molecule has 0 bridgehead atoms. The van der Waals surface area contributed by atoms with E-state index >= 15 is 9.59 Å².